The molecule has 0 radical (unpaired) electrons. The Morgan fingerprint density at radius 2 is 0.755 bits per heavy atom. The number of benzene rings is 8. The maximum atomic E-state index is 12.5. The SMILES string of the molecule is Cc1ccc(C(=O)CS(=O)(=O)c2nc(-c3ccccc3)cs2)cc1O.Cc1ccc(C(=O)CS(=O)(=O)c2nc3ccccc3s2)cc1O.Cc1ccc(C(=O)CS(=O)c2nc(-c3ccccc3)cs2)cc1O.Cc1ccc(C(=O)CS(=O)c2nc3ccccc3s2)cc1O. The number of aryl methyl sites for hydroxylation is 4. The lowest BCUT2D eigenvalue weighted by atomic mass is 10.1. The highest BCUT2D eigenvalue weighted by atomic mass is 32.2. The second kappa shape index (κ2) is 30.8. The van der Waals surface area contributed by atoms with Crippen molar-refractivity contribution < 1.29 is 64.9 Å². The summed E-state index contributed by atoms with van der Waals surface area (Å²) in [6.07, 6.45) is 0. The average molecular weight is 1410 g/mol. The number of hydrogen-bond acceptors (Lipinski definition) is 22. The van der Waals surface area contributed by atoms with Crippen LogP contribution in [0.25, 0.3) is 42.9 Å². The van der Waals surface area contributed by atoms with Crippen molar-refractivity contribution in [3.63, 3.8) is 0 Å². The van der Waals surface area contributed by atoms with E-state index >= 15 is 0 Å². The fourth-order valence-electron chi connectivity index (χ4n) is 8.47. The molecule has 12 rings (SSSR count). The molecule has 4 N–H and O–H groups in total. The van der Waals surface area contributed by atoms with E-state index in [4.69, 9.17) is 0 Å². The van der Waals surface area contributed by atoms with E-state index in [0.29, 0.717) is 53.3 Å². The summed E-state index contributed by atoms with van der Waals surface area (Å²) < 4.78 is 76.9. The lowest BCUT2D eigenvalue weighted by Gasteiger charge is -2.04. The Bertz CT molecular complexity index is 5020. The molecule has 18 nitrogen and oxygen atoms in total. The number of sulfone groups is 2. The number of phenolic OH excluding ortho intramolecular Hbond substituents is 4. The van der Waals surface area contributed by atoms with Gasteiger partial charge in [0.05, 0.1) is 64.9 Å². The van der Waals surface area contributed by atoms with Gasteiger partial charge in [0.25, 0.3) is 0 Å². The van der Waals surface area contributed by atoms with Crippen LogP contribution in [0, 0.1) is 27.7 Å². The van der Waals surface area contributed by atoms with Gasteiger partial charge in [0.15, 0.2) is 31.8 Å². The molecule has 0 fully saturated rings. The third-order valence-corrected chi connectivity index (χ3v) is 25.1. The molecular weight excluding hydrogens is 1350 g/mol. The van der Waals surface area contributed by atoms with Gasteiger partial charge in [-0.1, -0.05) is 133 Å². The first-order valence-electron chi connectivity index (χ1n) is 28.1. The molecule has 4 aromatic heterocycles. The van der Waals surface area contributed by atoms with Crippen LogP contribution < -0.4 is 0 Å². The van der Waals surface area contributed by atoms with E-state index < -0.39 is 64.3 Å². The maximum absolute atomic E-state index is 12.5. The Kier molecular flexibility index (Phi) is 22.6. The van der Waals surface area contributed by atoms with E-state index in [-0.39, 0.29) is 65.9 Å². The van der Waals surface area contributed by atoms with E-state index in [1.54, 1.807) is 93.7 Å². The number of carbonyl (C=O) groups excluding carboxylic acids is 4. The number of para-hydroxylation sites is 2. The van der Waals surface area contributed by atoms with Crippen molar-refractivity contribution in [1.82, 2.24) is 19.9 Å². The van der Waals surface area contributed by atoms with Gasteiger partial charge in [-0.2, -0.15) is 0 Å². The summed E-state index contributed by atoms with van der Waals surface area (Å²) >= 11 is 4.66. The minimum atomic E-state index is -3.84. The van der Waals surface area contributed by atoms with Crippen LogP contribution in [0.3, 0.4) is 0 Å². The zero-order valence-electron chi connectivity index (χ0n) is 50.2. The number of fused-ring (bicyclic) bond motifs is 2. The van der Waals surface area contributed by atoms with Crippen LogP contribution in [0.1, 0.15) is 63.7 Å². The van der Waals surface area contributed by atoms with Gasteiger partial charge >= 0.3 is 0 Å². The van der Waals surface area contributed by atoms with Crippen LogP contribution in [0.2, 0.25) is 0 Å². The number of rotatable bonds is 18. The highest BCUT2D eigenvalue weighted by molar-refractivity contribution is 7.94. The molecule has 480 valence electrons. The highest BCUT2D eigenvalue weighted by Crippen LogP contribution is 2.31. The van der Waals surface area contributed by atoms with Crippen LogP contribution >= 0.6 is 45.3 Å². The van der Waals surface area contributed by atoms with Gasteiger partial charge in [-0.15, -0.1) is 45.3 Å². The molecular formula is C68H56N4O14S8. The standard InChI is InChI=1S/C18H15NO4S2.C18H15NO3S2.C16H13NO4S2.C16H13NO3S2/c1-12-7-8-14(9-16(12)20)17(21)11-25(22,23)18-19-15(10-24-18)13-5-3-2-4-6-13;1-12-7-8-14(9-16(12)20)17(21)11-24(22)18-19-15(10-23-18)13-5-3-2-4-6-13;1-10-6-7-11(8-13(10)18)14(19)9-23(20,21)16-17-12-4-2-3-5-15(12)22-16;1-10-6-7-11(8-13(10)18)14(19)9-22(20)16-17-12-4-2-3-5-15(12)21-16/h2-10,20H,11H2,1H3;2-10,20H,11H2,1H3;2-8,18H,9H2,1H3;2-8,18H,9H2,1H3. The minimum absolute atomic E-state index is 0.0340. The van der Waals surface area contributed by atoms with Gasteiger partial charge in [-0.3, -0.25) is 27.6 Å². The zero-order chi connectivity index (χ0) is 67.4. The normalized spacial score (nSPS) is 11.9. The van der Waals surface area contributed by atoms with Crippen LogP contribution in [0.4, 0.5) is 0 Å². The first kappa shape index (κ1) is 69.2. The Morgan fingerprint density at radius 3 is 1.18 bits per heavy atom. The molecule has 2 unspecified atom stereocenters. The summed E-state index contributed by atoms with van der Waals surface area (Å²) in [5.74, 6) is -3.28. The molecule has 12 aromatic rings. The van der Waals surface area contributed by atoms with E-state index in [0.717, 1.165) is 54.4 Å². The molecule has 0 saturated carbocycles. The Morgan fingerprint density at radius 1 is 0.394 bits per heavy atom. The minimum Gasteiger partial charge on any atom is -0.508 e. The molecule has 2 atom stereocenters. The predicted octanol–water partition coefficient (Wildman–Crippen LogP) is 13.6. The number of carbonyl (C=O) groups is 4. The number of ketones is 4. The monoisotopic (exact) mass is 1410 g/mol. The summed E-state index contributed by atoms with van der Waals surface area (Å²) in [5.41, 5.74) is 8.13. The van der Waals surface area contributed by atoms with Gasteiger partial charge < -0.3 is 20.4 Å². The molecule has 0 bridgehead atoms. The Hall–Kier alpha value is -9.12. The average Bonchev–Trinajstić information content (AvgIpc) is 2.32. The molecule has 0 aliphatic carbocycles. The quantitative estimate of drug-likeness (QED) is 0.0580. The smallest absolute Gasteiger partial charge is 0.212 e. The molecule has 0 aliphatic rings. The van der Waals surface area contributed by atoms with Gasteiger partial charge in [0.2, 0.25) is 28.4 Å². The van der Waals surface area contributed by atoms with E-state index in [1.807, 2.05) is 90.3 Å². The van der Waals surface area contributed by atoms with Crippen molar-refractivity contribution >= 4 is 130 Å². The third kappa shape index (κ3) is 17.8. The summed E-state index contributed by atoms with van der Waals surface area (Å²) in [5, 5.41) is 42.2. The van der Waals surface area contributed by atoms with Crippen LogP contribution in [0.5, 0.6) is 23.0 Å². The van der Waals surface area contributed by atoms with Crippen molar-refractivity contribution in [2.45, 2.75) is 45.1 Å². The number of aromatic hydroxyl groups is 4. The first-order chi connectivity index (χ1) is 44.8. The lowest BCUT2D eigenvalue weighted by Crippen LogP contribution is -2.16. The molecule has 0 amide bonds. The number of aromatic nitrogens is 4. The molecule has 8 aromatic carbocycles. The number of Topliss-reactive ketones (excluding diaryl/α,β-unsaturated/α-hetero) is 4. The topological polar surface area (TPSA) is 303 Å². The van der Waals surface area contributed by atoms with Crippen molar-refractivity contribution in [2.24, 2.45) is 0 Å². The summed E-state index contributed by atoms with van der Waals surface area (Å²) in [6.45, 7) is 6.90. The van der Waals surface area contributed by atoms with Gasteiger partial charge in [-0.05, 0) is 98.5 Å². The maximum Gasteiger partial charge on any atom is 0.212 e. The highest BCUT2D eigenvalue weighted by Gasteiger charge is 2.27. The molecule has 26 heteroatoms. The zero-order valence-corrected chi connectivity index (χ0v) is 56.8. The van der Waals surface area contributed by atoms with E-state index in [1.165, 1.54) is 59.1 Å². The lowest BCUT2D eigenvalue weighted by molar-refractivity contribution is 0.101. The largest absolute Gasteiger partial charge is 0.508 e. The third-order valence-electron chi connectivity index (χ3n) is 13.9. The van der Waals surface area contributed by atoms with Crippen molar-refractivity contribution in [2.75, 3.05) is 23.0 Å². The van der Waals surface area contributed by atoms with Crippen LogP contribution in [0.15, 0.2) is 210 Å². The summed E-state index contributed by atoms with van der Waals surface area (Å²) in [4.78, 5) is 65.8. The Balaban J connectivity index is 0.000000148. The summed E-state index contributed by atoms with van der Waals surface area (Å²) in [6, 6.07) is 51.6. The number of nitrogens with zero attached hydrogens (tertiary/aromatic N) is 4. The molecule has 94 heavy (non-hydrogen) atoms. The van der Waals surface area contributed by atoms with Crippen LogP contribution in [-0.2, 0) is 41.3 Å². The Labute approximate surface area is 561 Å². The number of thiazole rings is 4. The van der Waals surface area contributed by atoms with Crippen molar-refractivity contribution in [3.8, 4) is 45.5 Å². The van der Waals surface area contributed by atoms with Crippen LogP contribution in [-0.4, -0.2) is 112 Å². The fourth-order valence-corrected chi connectivity index (χ4v) is 17.6. The number of phenols is 4. The molecule has 0 spiro atoms. The molecule has 4 heterocycles. The van der Waals surface area contributed by atoms with Crippen molar-refractivity contribution in [3.05, 3.63) is 237 Å². The van der Waals surface area contributed by atoms with Gasteiger partial charge in [0.1, 0.15) is 34.5 Å². The van der Waals surface area contributed by atoms with Gasteiger partial charge in [-0.25, -0.2) is 36.8 Å². The van der Waals surface area contributed by atoms with E-state index in [9.17, 15) is 64.9 Å². The number of hydrogen-bond donors (Lipinski definition) is 4. The molecule has 0 aliphatic heterocycles. The molecule has 0 saturated heterocycles. The van der Waals surface area contributed by atoms with Crippen molar-refractivity contribution in [1.29, 1.82) is 0 Å². The summed E-state index contributed by atoms with van der Waals surface area (Å²) in [7, 11) is -10.6. The van der Waals surface area contributed by atoms with E-state index in [2.05, 4.69) is 19.9 Å². The second-order valence-corrected chi connectivity index (χ2v) is 32.2. The fraction of sp³-hybridized carbons (Fsp3) is 0.118. The second-order valence-electron chi connectivity index (χ2n) is 20.8. The van der Waals surface area contributed by atoms with Gasteiger partial charge in [0, 0.05) is 44.1 Å². The first-order valence-corrected chi connectivity index (χ1v) is 37.4. The predicted molar refractivity (Wildman–Crippen MR) is 370 cm³/mol.